The minimum absolute atomic E-state index is 0.237. The van der Waals surface area contributed by atoms with E-state index in [1.54, 1.807) is 27.8 Å². The molecule has 0 bridgehead atoms. The molecule has 5 unspecified atom stereocenters. The van der Waals surface area contributed by atoms with Crippen molar-refractivity contribution in [1.29, 1.82) is 0 Å². The molecule has 1 nitrogen and oxygen atoms in total. The fourth-order valence-electron chi connectivity index (χ4n) is 5.97. The summed E-state index contributed by atoms with van der Waals surface area (Å²) in [6, 6.07) is 11.9. The second-order valence-corrected chi connectivity index (χ2v) is 9.76. The molecule has 1 heteroatoms. The number of hydrogen-bond acceptors (Lipinski definition) is 1. The van der Waals surface area contributed by atoms with E-state index in [0.29, 0.717) is 23.7 Å². The number of hydrogen-bond donors (Lipinski definition) is 1. The molecule has 1 fully saturated rings. The average molecular weight is 388 g/mol. The van der Waals surface area contributed by atoms with Crippen LogP contribution in [0.1, 0.15) is 71.6 Å². The van der Waals surface area contributed by atoms with Crippen LogP contribution in [0.3, 0.4) is 0 Å². The first-order valence-corrected chi connectivity index (χ1v) is 11.5. The van der Waals surface area contributed by atoms with Gasteiger partial charge < -0.3 is 5.73 Å². The van der Waals surface area contributed by atoms with Crippen LogP contribution in [0.2, 0.25) is 0 Å². The molecule has 0 aliphatic heterocycles. The van der Waals surface area contributed by atoms with E-state index < -0.39 is 0 Å². The van der Waals surface area contributed by atoms with Crippen molar-refractivity contribution >= 4 is 0 Å². The van der Waals surface area contributed by atoms with Crippen molar-refractivity contribution in [3.8, 4) is 0 Å². The predicted molar refractivity (Wildman–Crippen MR) is 125 cm³/mol. The van der Waals surface area contributed by atoms with Crippen LogP contribution in [-0.2, 0) is 19.3 Å². The Bertz CT molecular complexity index is 892. The number of rotatable bonds is 4. The van der Waals surface area contributed by atoms with Crippen LogP contribution in [0.4, 0.5) is 0 Å². The van der Waals surface area contributed by atoms with Crippen LogP contribution in [-0.4, -0.2) is 6.04 Å². The molecule has 2 aliphatic rings. The largest absolute Gasteiger partial charge is 0.327 e. The SMILES string of the molecule is C=CC1CC(c2cc(Cc3ccc(C)cc3)c3c(c2C)CCC3)C(C)C(C)C1N. The summed E-state index contributed by atoms with van der Waals surface area (Å²) in [6.45, 7) is 13.4. The van der Waals surface area contributed by atoms with Gasteiger partial charge in [0.1, 0.15) is 0 Å². The third kappa shape index (κ3) is 3.70. The molecular formula is C28H37N. The van der Waals surface area contributed by atoms with Crippen molar-refractivity contribution in [2.24, 2.45) is 23.5 Å². The molecule has 2 aromatic rings. The number of benzene rings is 2. The van der Waals surface area contributed by atoms with Gasteiger partial charge in [-0.25, -0.2) is 0 Å². The lowest BCUT2D eigenvalue weighted by Crippen LogP contribution is -2.45. The van der Waals surface area contributed by atoms with Crippen LogP contribution in [0.5, 0.6) is 0 Å². The van der Waals surface area contributed by atoms with Crippen molar-refractivity contribution in [3.05, 3.63) is 81.9 Å². The summed E-state index contributed by atoms with van der Waals surface area (Å²) in [7, 11) is 0. The van der Waals surface area contributed by atoms with Gasteiger partial charge in [0, 0.05) is 6.04 Å². The molecule has 2 N–H and O–H groups in total. The fraction of sp³-hybridized carbons (Fsp3) is 0.500. The smallest absolute Gasteiger partial charge is 0.0131 e. The third-order valence-electron chi connectivity index (χ3n) is 8.13. The van der Waals surface area contributed by atoms with E-state index in [9.17, 15) is 0 Å². The Labute approximate surface area is 177 Å². The Morgan fingerprint density at radius 2 is 1.72 bits per heavy atom. The molecule has 2 aliphatic carbocycles. The molecule has 0 heterocycles. The number of nitrogens with two attached hydrogens (primary N) is 1. The topological polar surface area (TPSA) is 26.0 Å². The highest BCUT2D eigenvalue weighted by Gasteiger charge is 2.39. The lowest BCUT2D eigenvalue weighted by Gasteiger charge is -2.43. The van der Waals surface area contributed by atoms with Gasteiger partial charge in [-0.3, -0.25) is 0 Å². The molecule has 0 spiro atoms. The first-order chi connectivity index (χ1) is 13.9. The van der Waals surface area contributed by atoms with Gasteiger partial charge in [0.25, 0.3) is 0 Å². The van der Waals surface area contributed by atoms with Gasteiger partial charge in [0.15, 0.2) is 0 Å². The molecule has 2 aromatic carbocycles. The molecule has 1 saturated carbocycles. The van der Waals surface area contributed by atoms with Crippen LogP contribution in [0.25, 0.3) is 0 Å². The quantitative estimate of drug-likeness (QED) is 0.615. The molecular weight excluding hydrogens is 350 g/mol. The second kappa shape index (κ2) is 8.11. The van der Waals surface area contributed by atoms with E-state index in [2.05, 4.69) is 70.7 Å². The molecule has 0 aromatic heterocycles. The average Bonchev–Trinajstić information content (AvgIpc) is 3.21. The Morgan fingerprint density at radius 1 is 1.03 bits per heavy atom. The van der Waals surface area contributed by atoms with Gasteiger partial charge in [-0.15, -0.1) is 6.58 Å². The lowest BCUT2D eigenvalue weighted by molar-refractivity contribution is 0.168. The van der Waals surface area contributed by atoms with Crippen molar-refractivity contribution in [3.63, 3.8) is 0 Å². The highest BCUT2D eigenvalue weighted by Crippen LogP contribution is 2.46. The van der Waals surface area contributed by atoms with E-state index in [1.165, 1.54) is 30.4 Å². The maximum Gasteiger partial charge on any atom is 0.0131 e. The summed E-state index contributed by atoms with van der Waals surface area (Å²) in [4.78, 5) is 0. The molecule has 154 valence electrons. The van der Waals surface area contributed by atoms with Crippen LogP contribution in [0.15, 0.2) is 43.0 Å². The molecule has 0 amide bonds. The maximum absolute atomic E-state index is 6.56. The number of aryl methyl sites for hydroxylation is 1. The maximum atomic E-state index is 6.56. The zero-order valence-electron chi connectivity index (χ0n) is 18.7. The van der Waals surface area contributed by atoms with Crippen molar-refractivity contribution < 1.29 is 0 Å². The summed E-state index contributed by atoms with van der Waals surface area (Å²) < 4.78 is 0. The van der Waals surface area contributed by atoms with Gasteiger partial charge in [-0.2, -0.15) is 0 Å². The number of fused-ring (bicyclic) bond motifs is 1. The van der Waals surface area contributed by atoms with E-state index >= 15 is 0 Å². The van der Waals surface area contributed by atoms with Crippen LogP contribution >= 0.6 is 0 Å². The van der Waals surface area contributed by atoms with E-state index in [-0.39, 0.29) is 6.04 Å². The fourth-order valence-corrected chi connectivity index (χ4v) is 5.97. The molecule has 5 atom stereocenters. The van der Waals surface area contributed by atoms with Crippen molar-refractivity contribution in [2.75, 3.05) is 0 Å². The second-order valence-electron chi connectivity index (χ2n) is 9.76. The predicted octanol–water partition coefficient (Wildman–Crippen LogP) is 6.27. The van der Waals surface area contributed by atoms with Crippen LogP contribution in [0, 0.1) is 31.6 Å². The van der Waals surface area contributed by atoms with E-state index in [1.807, 2.05) is 0 Å². The van der Waals surface area contributed by atoms with Gasteiger partial charge in [-0.1, -0.05) is 55.8 Å². The van der Waals surface area contributed by atoms with Crippen molar-refractivity contribution in [1.82, 2.24) is 0 Å². The minimum Gasteiger partial charge on any atom is -0.327 e. The summed E-state index contributed by atoms with van der Waals surface area (Å²) in [6.07, 6.45) is 8.09. The van der Waals surface area contributed by atoms with Gasteiger partial charge in [0.2, 0.25) is 0 Å². The first-order valence-electron chi connectivity index (χ1n) is 11.5. The zero-order valence-corrected chi connectivity index (χ0v) is 18.7. The highest BCUT2D eigenvalue weighted by atomic mass is 14.7. The van der Waals surface area contributed by atoms with Gasteiger partial charge >= 0.3 is 0 Å². The first kappa shape index (κ1) is 20.4. The Morgan fingerprint density at radius 3 is 2.41 bits per heavy atom. The zero-order chi connectivity index (χ0) is 20.7. The Hall–Kier alpha value is -1.86. The van der Waals surface area contributed by atoms with Crippen molar-refractivity contribution in [2.45, 2.75) is 71.8 Å². The summed E-state index contributed by atoms with van der Waals surface area (Å²) in [5.74, 6) is 2.12. The Balaban J connectivity index is 1.75. The van der Waals surface area contributed by atoms with Crippen LogP contribution < -0.4 is 5.73 Å². The minimum atomic E-state index is 0.237. The molecule has 4 rings (SSSR count). The van der Waals surface area contributed by atoms with E-state index in [4.69, 9.17) is 5.73 Å². The third-order valence-corrected chi connectivity index (χ3v) is 8.13. The van der Waals surface area contributed by atoms with Gasteiger partial charge in [0.05, 0.1) is 0 Å². The highest BCUT2D eigenvalue weighted by molar-refractivity contribution is 5.51. The molecule has 29 heavy (non-hydrogen) atoms. The summed E-state index contributed by atoms with van der Waals surface area (Å²) >= 11 is 0. The van der Waals surface area contributed by atoms with Gasteiger partial charge in [-0.05, 0) is 103 Å². The van der Waals surface area contributed by atoms with E-state index in [0.717, 1.165) is 12.8 Å². The Kier molecular flexibility index (Phi) is 5.71. The molecule has 0 saturated heterocycles. The summed E-state index contributed by atoms with van der Waals surface area (Å²) in [5, 5.41) is 0. The molecule has 0 radical (unpaired) electrons. The standard InChI is InChI=1S/C28H37N/c1-6-22-15-26(18(3)19(4)28(22)29)27-16-23(14-21-12-10-17(2)11-13-21)25-9-7-8-24(25)20(27)5/h6,10-13,16,18-19,22,26,28H,1,7-9,14-15,29H2,2-5H3. The summed E-state index contributed by atoms with van der Waals surface area (Å²) in [5.41, 5.74) is 17.3. The lowest BCUT2D eigenvalue weighted by atomic mass is 9.63. The monoisotopic (exact) mass is 387 g/mol. The normalized spacial score (nSPS) is 28.9.